The number of carbonyl (C=O) groups is 2. The molecule has 0 spiro atoms. The fraction of sp³-hybridized carbons (Fsp3) is 0.290. The number of nitrogens with zero attached hydrogens (tertiary/aromatic N) is 3. The van der Waals surface area contributed by atoms with E-state index in [4.69, 9.17) is 14.2 Å². The molecule has 1 amide bonds. The third-order valence-corrected chi connectivity index (χ3v) is 7.03. The van der Waals surface area contributed by atoms with Crippen molar-refractivity contribution in [2.45, 2.75) is 6.92 Å². The van der Waals surface area contributed by atoms with Gasteiger partial charge in [-0.3, -0.25) is 9.69 Å². The normalized spacial score (nSPS) is 13.5. The molecule has 1 aliphatic rings. The summed E-state index contributed by atoms with van der Waals surface area (Å²) in [6, 6.07) is 16.6. The second-order valence-corrected chi connectivity index (χ2v) is 9.77. The van der Waals surface area contributed by atoms with Crippen molar-refractivity contribution in [2.24, 2.45) is 0 Å². The maximum Gasteiger partial charge on any atom is 0.337 e. The maximum absolute atomic E-state index is 12.9. The van der Waals surface area contributed by atoms with Crippen LogP contribution in [0, 0.1) is 6.92 Å². The zero-order chi connectivity index (χ0) is 28.8. The summed E-state index contributed by atoms with van der Waals surface area (Å²) in [7, 11) is 2.93. The Labute approximate surface area is 238 Å². The van der Waals surface area contributed by atoms with Gasteiger partial charge in [-0.15, -0.1) is 0 Å². The lowest BCUT2D eigenvalue weighted by molar-refractivity contribution is 0.0383. The minimum atomic E-state index is -0.378. The minimum Gasteiger partial charge on any atom is -0.497 e. The largest absolute Gasteiger partial charge is 0.497 e. The van der Waals surface area contributed by atoms with Gasteiger partial charge in [-0.05, 0) is 60.0 Å². The molecule has 1 aliphatic heterocycles. The molecule has 2 N–H and O–H groups in total. The van der Waals surface area contributed by atoms with E-state index >= 15 is 0 Å². The topological polar surface area (TPSA) is 115 Å². The average molecular weight is 556 g/mol. The summed E-state index contributed by atoms with van der Waals surface area (Å²) in [5, 5.41) is 7.04. The maximum atomic E-state index is 12.9. The van der Waals surface area contributed by atoms with Crippen molar-refractivity contribution in [3.63, 3.8) is 0 Å². The molecule has 0 bridgehead atoms. The van der Waals surface area contributed by atoms with Gasteiger partial charge in [0.2, 0.25) is 5.95 Å². The molecule has 5 rings (SSSR count). The summed E-state index contributed by atoms with van der Waals surface area (Å²) in [5.74, 6) is 0.375. The van der Waals surface area contributed by atoms with E-state index in [1.54, 1.807) is 37.6 Å². The van der Waals surface area contributed by atoms with E-state index in [1.165, 1.54) is 7.11 Å². The van der Waals surface area contributed by atoms with E-state index in [0.717, 1.165) is 60.4 Å². The number of fused-ring (bicyclic) bond motifs is 1. The smallest absolute Gasteiger partial charge is 0.337 e. The average Bonchev–Trinajstić information content (AvgIpc) is 3.01. The SMILES string of the molecule is COC(=O)c1ccc(C)c(-c2ccc3nc(Nc4cc(OC)cc(C(=O)NCCN5CCOCC5)c4)ncc3c2)c1. The Kier molecular flexibility index (Phi) is 8.71. The van der Waals surface area contributed by atoms with Crippen LogP contribution in [0.15, 0.2) is 60.8 Å². The molecule has 1 aromatic heterocycles. The van der Waals surface area contributed by atoms with E-state index in [-0.39, 0.29) is 11.9 Å². The highest BCUT2D eigenvalue weighted by molar-refractivity contribution is 5.96. The molecule has 0 unspecified atom stereocenters. The van der Waals surface area contributed by atoms with Gasteiger partial charge in [-0.1, -0.05) is 12.1 Å². The number of benzene rings is 3. The van der Waals surface area contributed by atoms with Crippen LogP contribution in [0.1, 0.15) is 26.3 Å². The van der Waals surface area contributed by atoms with Crippen LogP contribution in [-0.4, -0.2) is 80.4 Å². The van der Waals surface area contributed by atoms with E-state index in [2.05, 4.69) is 25.5 Å². The van der Waals surface area contributed by atoms with Crippen LogP contribution in [0.5, 0.6) is 5.75 Å². The zero-order valence-corrected chi connectivity index (χ0v) is 23.4. The van der Waals surface area contributed by atoms with Crippen molar-refractivity contribution >= 4 is 34.4 Å². The predicted molar refractivity (Wildman–Crippen MR) is 157 cm³/mol. The Hall–Kier alpha value is -4.54. The second-order valence-electron chi connectivity index (χ2n) is 9.77. The van der Waals surface area contributed by atoms with Gasteiger partial charge in [0.05, 0.1) is 38.5 Å². The van der Waals surface area contributed by atoms with Crippen molar-refractivity contribution < 1.29 is 23.8 Å². The number of nitrogens with one attached hydrogen (secondary N) is 2. The van der Waals surface area contributed by atoms with Crippen LogP contribution in [0.4, 0.5) is 11.6 Å². The molecule has 0 saturated carbocycles. The number of hydrogen-bond donors (Lipinski definition) is 2. The molecule has 10 nitrogen and oxygen atoms in total. The second kappa shape index (κ2) is 12.8. The molecule has 2 heterocycles. The van der Waals surface area contributed by atoms with Crippen LogP contribution >= 0.6 is 0 Å². The minimum absolute atomic E-state index is 0.182. The predicted octanol–water partition coefficient (Wildman–Crippen LogP) is 4.21. The zero-order valence-electron chi connectivity index (χ0n) is 23.4. The Bertz CT molecular complexity index is 1570. The summed E-state index contributed by atoms with van der Waals surface area (Å²) >= 11 is 0. The van der Waals surface area contributed by atoms with Crippen LogP contribution in [0.25, 0.3) is 22.0 Å². The van der Waals surface area contributed by atoms with Crippen LogP contribution < -0.4 is 15.4 Å². The lowest BCUT2D eigenvalue weighted by Crippen LogP contribution is -2.41. The number of ether oxygens (including phenoxy) is 3. The van der Waals surface area contributed by atoms with Crippen molar-refractivity contribution in [3.8, 4) is 16.9 Å². The third kappa shape index (κ3) is 6.79. The number of morpholine rings is 1. The van der Waals surface area contributed by atoms with E-state index in [1.807, 2.05) is 37.3 Å². The van der Waals surface area contributed by atoms with Gasteiger partial charge >= 0.3 is 5.97 Å². The molecule has 0 atom stereocenters. The van der Waals surface area contributed by atoms with Gasteiger partial charge in [0.25, 0.3) is 5.91 Å². The molecule has 0 radical (unpaired) electrons. The van der Waals surface area contributed by atoms with Gasteiger partial charge in [-0.2, -0.15) is 0 Å². The molecule has 10 heteroatoms. The molecule has 4 aromatic rings. The first kappa shape index (κ1) is 28.0. The number of hydrogen-bond acceptors (Lipinski definition) is 9. The van der Waals surface area contributed by atoms with Crippen molar-refractivity contribution in [3.05, 3.63) is 77.5 Å². The molecule has 3 aromatic carbocycles. The Morgan fingerprint density at radius 3 is 2.61 bits per heavy atom. The first-order chi connectivity index (χ1) is 19.9. The van der Waals surface area contributed by atoms with Crippen LogP contribution in [-0.2, 0) is 9.47 Å². The Morgan fingerprint density at radius 1 is 1.00 bits per heavy atom. The fourth-order valence-corrected chi connectivity index (χ4v) is 4.74. The van der Waals surface area contributed by atoms with Gasteiger partial charge in [0, 0.05) is 55.1 Å². The Morgan fingerprint density at radius 2 is 1.83 bits per heavy atom. The fourth-order valence-electron chi connectivity index (χ4n) is 4.74. The number of aryl methyl sites for hydroxylation is 1. The van der Waals surface area contributed by atoms with Crippen molar-refractivity contribution in [1.82, 2.24) is 20.2 Å². The summed E-state index contributed by atoms with van der Waals surface area (Å²) in [6.07, 6.45) is 1.74. The number of carbonyl (C=O) groups excluding carboxylic acids is 2. The Balaban J connectivity index is 1.31. The van der Waals surface area contributed by atoms with Crippen molar-refractivity contribution in [1.29, 1.82) is 0 Å². The lowest BCUT2D eigenvalue weighted by Gasteiger charge is -2.26. The molecule has 1 saturated heterocycles. The molecule has 41 heavy (non-hydrogen) atoms. The highest BCUT2D eigenvalue weighted by Crippen LogP contribution is 2.29. The van der Waals surface area contributed by atoms with Crippen molar-refractivity contribution in [2.75, 3.05) is 58.9 Å². The number of rotatable bonds is 9. The number of methoxy groups -OCH3 is 2. The number of esters is 1. The standard InChI is InChI=1S/C31H33N5O5/c1-20-4-5-22(30(38)40-3)17-27(20)21-6-7-28-24(14-21)19-33-31(35-28)34-25-15-23(16-26(18-25)39-2)29(37)32-8-9-36-10-12-41-13-11-36/h4-7,14-19H,8-13H2,1-3H3,(H,32,37)(H,33,34,35). The monoisotopic (exact) mass is 555 g/mol. The molecular formula is C31H33N5O5. The quantitative estimate of drug-likeness (QED) is 0.293. The molecule has 0 aliphatic carbocycles. The molecule has 1 fully saturated rings. The first-order valence-electron chi connectivity index (χ1n) is 13.4. The van der Waals surface area contributed by atoms with Crippen LogP contribution in [0.2, 0.25) is 0 Å². The summed E-state index contributed by atoms with van der Waals surface area (Å²) in [6.45, 7) is 6.50. The van der Waals surface area contributed by atoms with Gasteiger partial charge < -0.3 is 24.8 Å². The van der Waals surface area contributed by atoms with Gasteiger partial charge in [0.1, 0.15) is 5.75 Å². The number of anilines is 2. The lowest BCUT2D eigenvalue weighted by atomic mass is 9.97. The molecule has 212 valence electrons. The summed E-state index contributed by atoms with van der Waals surface area (Å²) in [5.41, 5.74) is 5.27. The summed E-state index contributed by atoms with van der Waals surface area (Å²) < 4.78 is 15.7. The molecular weight excluding hydrogens is 522 g/mol. The van der Waals surface area contributed by atoms with Crippen LogP contribution in [0.3, 0.4) is 0 Å². The first-order valence-corrected chi connectivity index (χ1v) is 13.4. The van der Waals surface area contributed by atoms with Gasteiger partial charge in [-0.25, -0.2) is 14.8 Å². The number of amides is 1. The van der Waals surface area contributed by atoms with E-state index < -0.39 is 0 Å². The highest BCUT2D eigenvalue weighted by Gasteiger charge is 2.14. The van der Waals surface area contributed by atoms with Gasteiger partial charge in [0.15, 0.2) is 0 Å². The summed E-state index contributed by atoms with van der Waals surface area (Å²) in [4.78, 5) is 36.3. The van der Waals surface area contributed by atoms with E-state index in [0.29, 0.717) is 35.1 Å². The number of aromatic nitrogens is 2. The third-order valence-electron chi connectivity index (χ3n) is 7.03. The highest BCUT2D eigenvalue weighted by atomic mass is 16.5. The van der Waals surface area contributed by atoms with E-state index in [9.17, 15) is 9.59 Å².